The van der Waals surface area contributed by atoms with Gasteiger partial charge in [-0.05, 0) is 49.9 Å². The minimum atomic E-state index is -0.0358. The van der Waals surface area contributed by atoms with Crippen molar-refractivity contribution < 1.29 is 9.53 Å². The molecule has 0 aliphatic rings. The maximum atomic E-state index is 12.0. The van der Waals surface area contributed by atoms with Crippen LogP contribution in [0.3, 0.4) is 0 Å². The van der Waals surface area contributed by atoms with Gasteiger partial charge in [0, 0.05) is 12.1 Å². The number of carbonyl (C=O) groups excluding carboxylic acids is 1. The topological polar surface area (TPSA) is 64.3 Å². The van der Waals surface area contributed by atoms with Gasteiger partial charge >= 0.3 is 0 Å². The third-order valence-corrected chi connectivity index (χ3v) is 3.42. The molecule has 0 spiro atoms. The van der Waals surface area contributed by atoms with E-state index in [1.807, 2.05) is 6.92 Å². The molecule has 0 saturated heterocycles. The minimum absolute atomic E-state index is 0.0358. The van der Waals surface area contributed by atoms with Gasteiger partial charge in [0.05, 0.1) is 11.6 Å². The zero-order valence-corrected chi connectivity index (χ0v) is 13.7. The second-order valence-electron chi connectivity index (χ2n) is 5.56. The Bertz CT molecular complexity index is 464. The highest BCUT2D eigenvalue weighted by Gasteiger charge is 2.14. The largest absolute Gasteiger partial charge is 0.492 e. The second-order valence-corrected chi connectivity index (χ2v) is 5.97. The van der Waals surface area contributed by atoms with E-state index in [2.05, 4.69) is 19.2 Å². The number of nitrogens with one attached hydrogen (secondary N) is 1. The third-order valence-electron chi connectivity index (χ3n) is 3.13. The Morgan fingerprint density at radius 2 is 2.14 bits per heavy atom. The lowest BCUT2D eigenvalue weighted by Crippen LogP contribution is -2.23. The first-order valence-corrected chi connectivity index (χ1v) is 7.76. The Balaban J connectivity index is 2.60. The first-order chi connectivity index (χ1) is 9.96. The monoisotopic (exact) mass is 312 g/mol. The molecular weight excluding hydrogens is 288 g/mol. The van der Waals surface area contributed by atoms with Crippen molar-refractivity contribution >= 4 is 23.2 Å². The molecule has 1 unspecified atom stereocenters. The average molecular weight is 313 g/mol. The molecule has 3 N–H and O–H groups in total. The number of rotatable bonds is 8. The maximum Gasteiger partial charge on any atom is 0.224 e. The van der Waals surface area contributed by atoms with Gasteiger partial charge in [-0.3, -0.25) is 4.79 Å². The molecule has 0 bridgehead atoms. The summed E-state index contributed by atoms with van der Waals surface area (Å²) >= 11 is 6.10. The lowest BCUT2D eigenvalue weighted by molar-refractivity contribution is -0.117. The number of nitrogens with two attached hydrogens (primary N) is 1. The zero-order valence-electron chi connectivity index (χ0n) is 13.0. The first kappa shape index (κ1) is 17.8. The van der Waals surface area contributed by atoms with Gasteiger partial charge in [0.2, 0.25) is 5.91 Å². The number of hydrogen-bond acceptors (Lipinski definition) is 3. The summed E-state index contributed by atoms with van der Waals surface area (Å²) in [4.78, 5) is 12.0. The predicted octanol–water partition coefficient (Wildman–Crippen LogP) is 3.69. The molecular formula is C16H25ClN2O2. The number of benzene rings is 1. The fourth-order valence-corrected chi connectivity index (χ4v) is 2.49. The molecule has 0 aliphatic carbocycles. The lowest BCUT2D eigenvalue weighted by Gasteiger charge is -2.16. The van der Waals surface area contributed by atoms with Gasteiger partial charge in [0.15, 0.2) is 0 Å². The quantitative estimate of drug-likeness (QED) is 0.769. The molecule has 1 rings (SSSR count). The van der Waals surface area contributed by atoms with E-state index < -0.39 is 0 Å². The van der Waals surface area contributed by atoms with Crippen molar-refractivity contribution in [2.75, 3.05) is 18.5 Å². The van der Waals surface area contributed by atoms with Gasteiger partial charge in [-0.2, -0.15) is 0 Å². The molecule has 118 valence electrons. The van der Waals surface area contributed by atoms with Crippen molar-refractivity contribution in [3.05, 3.63) is 23.2 Å². The summed E-state index contributed by atoms with van der Waals surface area (Å²) < 4.78 is 5.36. The summed E-state index contributed by atoms with van der Waals surface area (Å²) in [5.41, 5.74) is 6.40. The third kappa shape index (κ3) is 6.36. The van der Waals surface area contributed by atoms with Crippen LogP contribution in [0.15, 0.2) is 18.2 Å². The fourth-order valence-electron chi connectivity index (χ4n) is 2.25. The summed E-state index contributed by atoms with van der Waals surface area (Å²) in [6.45, 7) is 7.24. The number of ether oxygens (including phenoxy) is 1. The molecule has 5 heteroatoms. The van der Waals surface area contributed by atoms with Crippen LogP contribution in [0.25, 0.3) is 0 Å². The van der Waals surface area contributed by atoms with E-state index in [-0.39, 0.29) is 11.8 Å². The molecule has 1 aromatic carbocycles. The molecule has 21 heavy (non-hydrogen) atoms. The van der Waals surface area contributed by atoms with Crippen molar-refractivity contribution in [1.29, 1.82) is 0 Å². The van der Waals surface area contributed by atoms with Crippen LogP contribution < -0.4 is 15.8 Å². The van der Waals surface area contributed by atoms with Crippen LogP contribution >= 0.6 is 11.6 Å². The summed E-state index contributed by atoms with van der Waals surface area (Å²) in [5, 5.41) is 3.35. The van der Waals surface area contributed by atoms with E-state index in [4.69, 9.17) is 22.1 Å². The number of amides is 1. The number of halogens is 1. The SMILES string of the molecule is CCOc1ccc(NC(=O)CC(CN)CC(C)C)cc1Cl. The van der Waals surface area contributed by atoms with Crippen molar-refractivity contribution in [2.24, 2.45) is 17.6 Å². The Morgan fingerprint density at radius 1 is 1.43 bits per heavy atom. The van der Waals surface area contributed by atoms with E-state index in [1.54, 1.807) is 18.2 Å². The summed E-state index contributed by atoms with van der Waals surface area (Å²) in [6.07, 6.45) is 1.38. The van der Waals surface area contributed by atoms with E-state index in [1.165, 1.54) is 0 Å². The minimum Gasteiger partial charge on any atom is -0.492 e. The van der Waals surface area contributed by atoms with Crippen LogP contribution in [0, 0.1) is 11.8 Å². The van der Waals surface area contributed by atoms with Crippen LogP contribution in [-0.4, -0.2) is 19.1 Å². The highest BCUT2D eigenvalue weighted by Crippen LogP contribution is 2.28. The highest BCUT2D eigenvalue weighted by atomic mass is 35.5. The number of anilines is 1. The van der Waals surface area contributed by atoms with E-state index in [0.717, 1.165) is 6.42 Å². The van der Waals surface area contributed by atoms with Gasteiger partial charge in [0.25, 0.3) is 0 Å². The van der Waals surface area contributed by atoms with Crippen molar-refractivity contribution in [1.82, 2.24) is 0 Å². The Hall–Kier alpha value is -1.26. The summed E-state index contributed by atoms with van der Waals surface area (Å²) in [7, 11) is 0. The molecule has 0 aliphatic heterocycles. The van der Waals surface area contributed by atoms with Gasteiger partial charge in [-0.15, -0.1) is 0 Å². The zero-order chi connectivity index (χ0) is 15.8. The van der Waals surface area contributed by atoms with Gasteiger partial charge in [-0.1, -0.05) is 25.4 Å². The van der Waals surface area contributed by atoms with Crippen LogP contribution in [0.4, 0.5) is 5.69 Å². The molecule has 0 radical (unpaired) electrons. The van der Waals surface area contributed by atoms with Gasteiger partial charge in [0.1, 0.15) is 5.75 Å². The normalized spacial score (nSPS) is 12.3. The molecule has 0 aromatic heterocycles. The van der Waals surface area contributed by atoms with Crippen molar-refractivity contribution in [3.63, 3.8) is 0 Å². The number of carbonyl (C=O) groups is 1. The van der Waals surface area contributed by atoms with Gasteiger partial charge in [-0.25, -0.2) is 0 Å². The lowest BCUT2D eigenvalue weighted by atomic mass is 9.94. The fraction of sp³-hybridized carbons (Fsp3) is 0.562. The predicted molar refractivity (Wildman–Crippen MR) is 87.9 cm³/mol. The molecule has 0 saturated carbocycles. The second kappa shape index (κ2) is 8.90. The van der Waals surface area contributed by atoms with Crippen LogP contribution in [0.1, 0.15) is 33.6 Å². The van der Waals surface area contributed by atoms with E-state index in [0.29, 0.717) is 41.9 Å². The maximum absolute atomic E-state index is 12.0. The molecule has 0 heterocycles. The Labute approximate surface area is 132 Å². The molecule has 1 aromatic rings. The van der Waals surface area contributed by atoms with E-state index >= 15 is 0 Å². The smallest absolute Gasteiger partial charge is 0.224 e. The van der Waals surface area contributed by atoms with Crippen LogP contribution in [-0.2, 0) is 4.79 Å². The van der Waals surface area contributed by atoms with Crippen molar-refractivity contribution in [3.8, 4) is 5.75 Å². The number of hydrogen-bond donors (Lipinski definition) is 2. The molecule has 4 nitrogen and oxygen atoms in total. The summed E-state index contributed by atoms with van der Waals surface area (Å²) in [5.74, 6) is 1.33. The molecule has 0 fully saturated rings. The van der Waals surface area contributed by atoms with Crippen LogP contribution in [0.2, 0.25) is 5.02 Å². The molecule has 1 amide bonds. The Morgan fingerprint density at radius 3 is 2.67 bits per heavy atom. The van der Waals surface area contributed by atoms with Gasteiger partial charge < -0.3 is 15.8 Å². The molecule has 1 atom stereocenters. The highest BCUT2D eigenvalue weighted by molar-refractivity contribution is 6.32. The standard InChI is InChI=1S/C16H25ClN2O2/c1-4-21-15-6-5-13(9-14(15)17)19-16(20)8-12(10-18)7-11(2)3/h5-6,9,11-12H,4,7-8,10,18H2,1-3H3,(H,19,20). The average Bonchev–Trinajstić information content (AvgIpc) is 2.40. The Kier molecular flexibility index (Phi) is 7.54. The summed E-state index contributed by atoms with van der Waals surface area (Å²) in [6, 6.07) is 5.25. The van der Waals surface area contributed by atoms with E-state index in [9.17, 15) is 4.79 Å². The first-order valence-electron chi connectivity index (χ1n) is 7.38. The van der Waals surface area contributed by atoms with Crippen molar-refractivity contribution in [2.45, 2.75) is 33.6 Å². The van der Waals surface area contributed by atoms with Crippen LogP contribution in [0.5, 0.6) is 5.75 Å².